The Bertz CT molecular complexity index is 939. The molecule has 0 aromatic heterocycles. The van der Waals surface area contributed by atoms with Gasteiger partial charge in [-0.3, -0.25) is 4.79 Å². The second kappa shape index (κ2) is 8.91. The molecule has 4 nitrogen and oxygen atoms in total. The van der Waals surface area contributed by atoms with Gasteiger partial charge in [0.25, 0.3) is 0 Å². The number of carbonyl (C=O) groups excluding carboxylic acids is 2. The van der Waals surface area contributed by atoms with Gasteiger partial charge in [-0.2, -0.15) is 0 Å². The van der Waals surface area contributed by atoms with Crippen molar-refractivity contribution in [3.63, 3.8) is 0 Å². The van der Waals surface area contributed by atoms with Crippen LogP contribution in [0.4, 0.5) is 0 Å². The molecule has 2 aromatic rings. The summed E-state index contributed by atoms with van der Waals surface area (Å²) < 4.78 is 5.37. The van der Waals surface area contributed by atoms with Crippen LogP contribution in [0.25, 0.3) is 0 Å². The van der Waals surface area contributed by atoms with E-state index in [9.17, 15) is 9.59 Å². The maximum Gasteiger partial charge on any atom is 0.336 e. The first kappa shape index (κ1) is 20.6. The molecular formula is C25H27NO3. The van der Waals surface area contributed by atoms with Gasteiger partial charge in [0.2, 0.25) is 5.91 Å². The molecule has 0 radical (unpaired) electrons. The minimum Gasteiger partial charge on any atom is -0.458 e. The van der Waals surface area contributed by atoms with Crippen molar-refractivity contribution in [2.24, 2.45) is 0 Å². The van der Waals surface area contributed by atoms with Crippen LogP contribution in [0.2, 0.25) is 0 Å². The molecule has 0 spiro atoms. The second-order valence-electron chi connectivity index (χ2n) is 7.52. The summed E-state index contributed by atoms with van der Waals surface area (Å²) in [7, 11) is 0. The van der Waals surface area contributed by atoms with Crippen molar-refractivity contribution < 1.29 is 14.3 Å². The molecule has 0 saturated heterocycles. The SMILES string of the molecule is C=CCOC(=O)C1=C(C)N(Cc2ccc(C)cc2)C(=O)CC1c1ccc(C)cc1. The predicted octanol–water partition coefficient (Wildman–Crippen LogP) is 4.82. The summed E-state index contributed by atoms with van der Waals surface area (Å²) in [5.41, 5.74) is 5.47. The lowest BCUT2D eigenvalue weighted by atomic mass is 9.83. The summed E-state index contributed by atoms with van der Waals surface area (Å²) >= 11 is 0. The average molecular weight is 389 g/mol. The topological polar surface area (TPSA) is 46.6 Å². The van der Waals surface area contributed by atoms with Gasteiger partial charge in [-0.05, 0) is 31.9 Å². The smallest absolute Gasteiger partial charge is 0.336 e. The number of hydrogen-bond acceptors (Lipinski definition) is 3. The zero-order valence-electron chi connectivity index (χ0n) is 17.3. The average Bonchev–Trinajstić information content (AvgIpc) is 2.71. The molecule has 1 aliphatic heterocycles. The van der Waals surface area contributed by atoms with E-state index in [0.717, 1.165) is 16.7 Å². The molecule has 0 aliphatic carbocycles. The maximum atomic E-state index is 13.0. The number of rotatable bonds is 6. The van der Waals surface area contributed by atoms with Crippen molar-refractivity contribution in [2.75, 3.05) is 6.61 Å². The van der Waals surface area contributed by atoms with E-state index in [1.807, 2.05) is 69.3 Å². The van der Waals surface area contributed by atoms with Crippen molar-refractivity contribution in [3.8, 4) is 0 Å². The first-order chi connectivity index (χ1) is 13.9. The number of carbonyl (C=O) groups is 2. The van der Waals surface area contributed by atoms with Gasteiger partial charge >= 0.3 is 5.97 Å². The summed E-state index contributed by atoms with van der Waals surface area (Å²) in [5.74, 6) is -0.696. The van der Waals surface area contributed by atoms with Gasteiger partial charge in [-0.15, -0.1) is 0 Å². The lowest BCUT2D eigenvalue weighted by Crippen LogP contribution is -2.38. The second-order valence-corrected chi connectivity index (χ2v) is 7.52. The largest absolute Gasteiger partial charge is 0.458 e. The molecule has 1 heterocycles. The molecule has 29 heavy (non-hydrogen) atoms. The molecular weight excluding hydrogens is 362 g/mol. The molecule has 4 heteroatoms. The highest BCUT2D eigenvalue weighted by Crippen LogP contribution is 2.37. The number of amides is 1. The van der Waals surface area contributed by atoms with Crippen molar-refractivity contribution in [2.45, 2.75) is 39.7 Å². The van der Waals surface area contributed by atoms with Crippen LogP contribution in [0, 0.1) is 13.8 Å². The fraction of sp³-hybridized carbons (Fsp3) is 0.280. The molecule has 0 bridgehead atoms. The van der Waals surface area contributed by atoms with Crippen molar-refractivity contribution in [1.29, 1.82) is 0 Å². The van der Waals surface area contributed by atoms with Crippen LogP contribution in [0.3, 0.4) is 0 Å². The van der Waals surface area contributed by atoms with E-state index in [1.54, 1.807) is 11.0 Å². The molecule has 0 saturated carbocycles. The summed E-state index contributed by atoms with van der Waals surface area (Å²) in [5, 5.41) is 0. The van der Waals surface area contributed by atoms with E-state index >= 15 is 0 Å². The van der Waals surface area contributed by atoms with Crippen LogP contribution in [0.5, 0.6) is 0 Å². The minimum atomic E-state index is -0.394. The minimum absolute atomic E-state index is 0.00826. The first-order valence-corrected chi connectivity index (χ1v) is 9.82. The fourth-order valence-electron chi connectivity index (χ4n) is 3.64. The number of hydrogen-bond donors (Lipinski definition) is 0. The van der Waals surface area contributed by atoms with Gasteiger partial charge in [0.1, 0.15) is 6.61 Å². The lowest BCUT2D eigenvalue weighted by molar-refractivity contribution is -0.139. The molecule has 1 aliphatic rings. The van der Waals surface area contributed by atoms with E-state index in [2.05, 4.69) is 6.58 Å². The fourth-order valence-corrected chi connectivity index (χ4v) is 3.64. The Morgan fingerprint density at radius 2 is 1.66 bits per heavy atom. The van der Waals surface area contributed by atoms with E-state index < -0.39 is 5.97 Å². The van der Waals surface area contributed by atoms with Gasteiger partial charge < -0.3 is 9.64 Å². The molecule has 1 unspecified atom stereocenters. The van der Waals surface area contributed by atoms with Crippen LogP contribution < -0.4 is 0 Å². The zero-order valence-corrected chi connectivity index (χ0v) is 17.3. The number of esters is 1. The van der Waals surface area contributed by atoms with E-state index in [0.29, 0.717) is 17.8 Å². The quantitative estimate of drug-likeness (QED) is 0.525. The standard InChI is InChI=1S/C25H27NO3/c1-5-14-29-25(28)24-19(4)26(16-20-10-6-17(2)7-11-20)23(27)15-22(24)21-12-8-18(3)9-13-21/h5-13,22H,1,14-16H2,2-4H3. The maximum absolute atomic E-state index is 13.0. The molecule has 150 valence electrons. The summed E-state index contributed by atoms with van der Waals surface area (Å²) in [4.78, 5) is 27.6. The van der Waals surface area contributed by atoms with Crippen molar-refractivity contribution in [3.05, 3.63) is 94.7 Å². The van der Waals surface area contributed by atoms with Crippen LogP contribution >= 0.6 is 0 Å². The molecule has 3 rings (SSSR count). The number of ether oxygens (including phenoxy) is 1. The zero-order chi connectivity index (χ0) is 21.0. The molecule has 1 amide bonds. The van der Waals surface area contributed by atoms with Gasteiger partial charge in [-0.25, -0.2) is 4.79 Å². The molecule has 0 N–H and O–H groups in total. The number of benzene rings is 2. The van der Waals surface area contributed by atoms with Crippen molar-refractivity contribution in [1.82, 2.24) is 4.90 Å². The number of aryl methyl sites for hydroxylation is 2. The Kier molecular flexibility index (Phi) is 6.32. The number of allylic oxidation sites excluding steroid dienone is 1. The summed E-state index contributed by atoms with van der Waals surface area (Å²) in [6.07, 6.45) is 1.79. The van der Waals surface area contributed by atoms with E-state index in [-0.39, 0.29) is 24.9 Å². The van der Waals surface area contributed by atoms with Crippen LogP contribution in [0.1, 0.15) is 41.5 Å². The molecule has 1 atom stereocenters. The Morgan fingerprint density at radius 3 is 2.24 bits per heavy atom. The normalized spacial score (nSPS) is 16.7. The lowest BCUT2D eigenvalue weighted by Gasteiger charge is -2.34. The monoisotopic (exact) mass is 389 g/mol. The first-order valence-electron chi connectivity index (χ1n) is 9.82. The van der Waals surface area contributed by atoms with E-state index in [1.165, 1.54) is 5.56 Å². The third kappa shape index (κ3) is 4.65. The van der Waals surface area contributed by atoms with Crippen LogP contribution in [0.15, 0.2) is 72.5 Å². The molecule has 0 fully saturated rings. The summed E-state index contributed by atoms with van der Waals surface area (Å²) in [6, 6.07) is 16.0. The van der Waals surface area contributed by atoms with Gasteiger partial charge in [0.05, 0.1) is 12.1 Å². The molecule has 2 aromatic carbocycles. The van der Waals surface area contributed by atoms with Gasteiger partial charge in [-0.1, -0.05) is 72.3 Å². The van der Waals surface area contributed by atoms with Gasteiger partial charge in [0.15, 0.2) is 0 Å². The predicted molar refractivity (Wildman–Crippen MR) is 114 cm³/mol. The van der Waals surface area contributed by atoms with Crippen LogP contribution in [-0.4, -0.2) is 23.4 Å². The van der Waals surface area contributed by atoms with Crippen molar-refractivity contribution >= 4 is 11.9 Å². The van der Waals surface area contributed by atoms with Crippen LogP contribution in [-0.2, 0) is 20.9 Å². The Labute approximate surface area is 172 Å². The highest BCUT2D eigenvalue weighted by molar-refractivity contribution is 5.95. The Morgan fingerprint density at radius 1 is 1.07 bits per heavy atom. The Balaban J connectivity index is 2.00. The number of nitrogens with zero attached hydrogens (tertiary/aromatic N) is 1. The third-order valence-electron chi connectivity index (χ3n) is 5.32. The Hall–Kier alpha value is -3.14. The highest BCUT2D eigenvalue weighted by Gasteiger charge is 2.36. The third-order valence-corrected chi connectivity index (χ3v) is 5.32. The van der Waals surface area contributed by atoms with E-state index in [4.69, 9.17) is 4.74 Å². The van der Waals surface area contributed by atoms with Gasteiger partial charge in [0, 0.05) is 18.0 Å². The summed E-state index contributed by atoms with van der Waals surface area (Å²) in [6.45, 7) is 10.1. The highest BCUT2D eigenvalue weighted by atomic mass is 16.5.